The Morgan fingerprint density at radius 1 is 1.26 bits per heavy atom. The lowest BCUT2D eigenvalue weighted by Crippen LogP contribution is -2.22. The van der Waals surface area contributed by atoms with Gasteiger partial charge in [-0.05, 0) is 35.7 Å². The highest BCUT2D eigenvalue weighted by Crippen LogP contribution is 2.36. The number of rotatable bonds is 3. The van der Waals surface area contributed by atoms with Crippen molar-refractivity contribution in [3.63, 3.8) is 0 Å². The van der Waals surface area contributed by atoms with E-state index in [1.165, 1.54) is 11.1 Å². The maximum Gasteiger partial charge on any atom is 0.0594 e. The van der Waals surface area contributed by atoms with Crippen LogP contribution in [0.15, 0.2) is 47.4 Å². The normalized spacial score (nSPS) is 18.5. The Labute approximate surface area is 120 Å². The van der Waals surface area contributed by atoms with E-state index in [0.717, 1.165) is 6.42 Å². The molecule has 3 rings (SSSR count). The SMILES string of the molecule is Nc1ccc(Cl)c(S(=O)CC2Cc3ccccc32)c1. The lowest BCUT2D eigenvalue weighted by molar-refractivity contribution is 0.644. The third-order valence-electron chi connectivity index (χ3n) is 3.51. The van der Waals surface area contributed by atoms with Gasteiger partial charge in [0.1, 0.15) is 0 Å². The van der Waals surface area contributed by atoms with Gasteiger partial charge in [-0.15, -0.1) is 0 Å². The summed E-state index contributed by atoms with van der Waals surface area (Å²) in [4.78, 5) is 0.644. The van der Waals surface area contributed by atoms with Crippen LogP contribution in [0.1, 0.15) is 17.0 Å². The molecule has 0 saturated heterocycles. The summed E-state index contributed by atoms with van der Waals surface area (Å²) in [5.74, 6) is 0.981. The molecule has 0 aliphatic heterocycles. The summed E-state index contributed by atoms with van der Waals surface area (Å²) >= 11 is 6.09. The molecule has 0 spiro atoms. The van der Waals surface area contributed by atoms with Gasteiger partial charge in [0.15, 0.2) is 0 Å². The second-order valence-electron chi connectivity index (χ2n) is 4.80. The molecule has 19 heavy (non-hydrogen) atoms. The third-order valence-corrected chi connectivity index (χ3v) is 5.49. The van der Waals surface area contributed by atoms with Crippen LogP contribution in [0.3, 0.4) is 0 Å². The summed E-state index contributed by atoms with van der Waals surface area (Å²) in [5.41, 5.74) is 9.00. The largest absolute Gasteiger partial charge is 0.399 e. The molecular weight excluding hydrogens is 278 g/mol. The first kappa shape index (κ1) is 12.7. The molecule has 1 aliphatic carbocycles. The van der Waals surface area contributed by atoms with Gasteiger partial charge in [0, 0.05) is 17.4 Å². The highest BCUT2D eigenvalue weighted by Gasteiger charge is 2.27. The van der Waals surface area contributed by atoms with Crippen LogP contribution in [0.2, 0.25) is 5.02 Å². The van der Waals surface area contributed by atoms with Crippen LogP contribution in [0.25, 0.3) is 0 Å². The van der Waals surface area contributed by atoms with E-state index in [1.807, 2.05) is 12.1 Å². The smallest absolute Gasteiger partial charge is 0.0594 e. The summed E-state index contributed by atoms with van der Waals surface area (Å²) in [6.45, 7) is 0. The molecule has 0 aromatic heterocycles. The van der Waals surface area contributed by atoms with Crippen molar-refractivity contribution in [3.8, 4) is 0 Å². The minimum Gasteiger partial charge on any atom is -0.399 e. The number of hydrogen-bond donors (Lipinski definition) is 1. The van der Waals surface area contributed by atoms with E-state index in [0.29, 0.717) is 27.3 Å². The molecule has 0 amide bonds. The molecular formula is C15H14ClNOS. The van der Waals surface area contributed by atoms with Crippen molar-refractivity contribution in [3.05, 3.63) is 58.6 Å². The Balaban J connectivity index is 1.79. The van der Waals surface area contributed by atoms with Gasteiger partial charge in [-0.2, -0.15) is 0 Å². The molecule has 0 bridgehead atoms. The zero-order chi connectivity index (χ0) is 13.4. The van der Waals surface area contributed by atoms with Gasteiger partial charge >= 0.3 is 0 Å². The number of halogens is 1. The van der Waals surface area contributed by atoms with Crippen molar-refractivity contribution in [2.24, 2.45) is 0 Å². The molecule has 2 unspecified atom stereocenters. The zero-order valence-corrected chi connectivity index (χ0v) is 11.9. The average molecular weight is 292 g/mol. The highest BCUT2D eigenvalue weighted by molar-refractivity contribution is 7.85. The maximum absolute atomic E-state index is 12.4. The average Bonchev–Trinajstić information content (AvgIpc) is 2.38. The number of anilines is 1. The summed E-state index contributed by atoms with van der Waals surface area (Å²) in [6, 6.07) is 13.5. The van der Waals surface area contributed by atoms with Crippen LogP contribution in [-0.2, 0) is 17.2 Å². The number of hydrogen-bond acceptors (Lipinski definition) is 2. The maximum atomic E-state index is 12.4. The van der Waals surface area contributed by atoms with Crippen molar-refractivity contribution >= 4 is 28.1 Å². The Kier molecular flexibility index (Phi) is 3.33. The predicted octanol–water partition coefficient (Wildman–Crippen LogP) is 3.37. The first-order valence-corrected chi connectivity index (χ1v) is 7.86. The van der Waals surface area contributed by atoms with E-state index < -0.39 is 10.8 Å². The zero-order valence-electron chi connectivity index (χ0n) is 10.3. The fourth-order valence-electron chi connectivity index (χ4n) is 2.48. The first-order valence-electron chi connectivity index (χ1n) is 6.16. The molecule has 2 nitrogen and oxygen atoms in total. The highest BCUT2D eigenvalue weighted by atomic mass is 35.5. The van der Waals surface area contributed by atoms with Crippen LogP contribution in [0, 0.1) is 0 Å². The second-order valence-corrected chi connectivity index (χ2v) is 6.67. The molecule has 0 heterocycles. The van der Waals surface area contributed by atoms with E-state index in [1.54, 1.807) is 18.2 Å². The van der Waals surface area contributed by atoms with Gasteiger partial charge in [0.2, 0.25) is 0 Å². The van der Waals surface area contributed by atoms with Gasteiger partial charge in [0.05, 0.1) is 20.7 Å². The molecule has 98 valence electrons. The van der Waals surface area contributed by atoms with E-state index in [4.69, 9.17) is 17.3 Å². The first-order chi connectivity index (χ1) is 9.15. The molecule has 2 aromatic carbocycles. The molecule has 0 saturated carbocycles. The molecule has 2 N–H and O–H groups in total. The second kappa shape index (κ2) is 4.99. The number of nitrogens with two attached hydrogens (primary N) is 1. The van der Waals surface area contributed by atoms with Crippen LogP contribution in [0.4, 0.5) is 5.69 Å². The molecule has 2 aromatic rings. The summed E-state index contributed by atoms with van der Waals surface area (Å²) in [5, 5.41) is 0.528. The quantitative estimate of drug-likeness (QED) is 0.881. The minimum atomic E-state index is -1.10. The van der Waals surface area contributed by atoms with Gasteiger partial charge < -0.3 is 5.73 Å². The fraction of sp³-hybridized carbons (Fsp3) is 0.200. The third kappa shape index (κ3) is 2.40. The van der Waals surface area contributed by atoms with Crippen LogP contribution < -0.4 is 5.73 Å². The number of benzene rings is 2. The number of fused-ring (bicyclic) bond motifs is 1. The standard InChI is InChI=1S/C15H14ClNOS/c16-14-6-5-12(17)8-15(14)19(18)9-11-7-10-3-1-2-4-13(10)11/h1-6,8,11H,7,9,17H2. The van der Waals surface area contributed by atoms with Gasteiger partial charge in [0.25, 0.3) is 0 Å². The van der Waals surface area contributed by atoms with Gasteiger partial charge in [-0.3, -0.25) is 4.21 Å². The van der Waals surface area contributed by atoms with Crippen LogP contribution in [-0.4, -0.2) is 9.96 Å². The summed E-state index contributed by atoms with van der Waals surface area (Å²) in [7, 11) is -1.10. The Hall–Kier alpha value is -1.32. The van der Waals surface area contributed by atoms with E-state index in [9.17, 15) is 4.21 Å². The molecule has 0 radical (unpaired) electrons. The minimum absolute atomic E-state index is 0.370. The lowest BCUT2D eigenvalue weighted by Gasteiger charge is -2.29. The van der Waals surface area contributed by atoms with Crippen molar-refractivity contribution in [1.82, 2.24) is 0 Å². The van der Waals surface area contributed by atoms with Crippen molar-refractivity contribution in [2.45, 2.75) is 17.2 Å². The monoisotopic (exact) mass is 291 g/mol. The van der Waals surface area contributed by atoms with Crippen molar-refractivity contribution < 1.29 is 4.21 Å². The van der Waals surface area contributed by atoms with E-state index in [2.05, 4.69) is 12.1 Å². The fourth-order valence-corrected chi connectivity index (χ4v) is 4.25. The summed E-state index contributed by atoms with van der Waals surface area (Å²) < 4.78 is 12.4. The van der Waals surface area contributed by atoms with Crippen molar-refractivity contribution in [1.29, 1.82) is 0 Å². The Morgan fingerprint density at radius 3 is 2.84 bits per heavy atom. The summed E-state index contributed by atoms with van der Waals surface area (Å²) in [6.07, 6.45) is 1.00. The number of nitrogen functional groups attached to an aromatic ring is 1. The molecule has 1 aliphatic rings. The topological polar surface area (TPSA) is 43.1 Å². The van der Waals surface area contributed by atoms with Crippen LogP contribution in [0.5, 0.6) is 0 Å². The molecule has 2 atom stereocenters. The van der Waals surface area contributed by atoms with Crippen LogP contribution >= 0.6 is 11.6 Å². The predicted molar refractivity (Wildman–Crippen MR) is 80.0 cm³/mol. The Bertz CT molecular complexity index is 656. The van der Waals surface area contributed by atoms with Gasteiger partial charge in [-0.1, -0.05) is 35.9 Å². The molecule has 0 fully saturated rings. The van der Waals surface area contributed by atoms with E-state index >= 15 is 0 Å². The van der Waals surface area contributed by atoms with Crippen molar-refractivity contribution in [2.75, 3.05) is 11.5 Å². The Morgan fingerprint density at radius 2 is 2.05 bits per heavy atom. The van der Waals surface area contributed by atoms with Gasteiger partial charge in [-0.25, -0.2) is 0 Å². The van der Waals surface area contributed by atoms with E-state index in [-0.39, 0.29) is 0 Å². The lowest BCUT2D eigenvalue weighted by atomic mass is 9.79. The molecule has 4 heteroatoms.